The van der Waals surface area contributed by atoms with Crippen molar-refractivity contribution in [2.45, 2.75) is 15.0 Å². The molecule has 30 heavy (non-hydrogen) atoms. The number of rotatable bonds is 5. The van der Waals surface area contributed by atoms with Crippen LogP contribution in [-0.2, 0) is 3.76 Å². The molecule has 2 aromatic rings. The van der Waals surface area contributed by atoms with Gasteiger partial charge in [0.15, 0.2) is 0 Å². The van der Waals surface area contributed by atoms with Crippen molar-refractivity contribution >= 4 is 25.1 Å². The number of hydrogen-bond donors (Lipinski definition) is 0. The summed E-state index contributed by atoms with van der Waals surface area (Å²) in [6.45, 7) is 0. The van der Waals surface area contributed by atoms with E-state index < -0.39 is 45.7 Å². The molecule has 0 amide bonds. The fourth-order valence-corrected chi connectivity index (χ4v) is 6.21. The molecule has 2 rings (SSSR count). The van der Waals surface area contributed by atoms with E-state index in [4.69, 9.17) is 0 Å². The molecule has 0 radical (unpaired) electrons. The van der Waals surface area contributed by atoms with Gasteiger partial charge < -0.3 is 0 Å². The van der Waals surface area contributed by atoms with E-state index in [1.165, 1.54) is 36.4 Å². The third-order valence-corrected chi connectivity index (χ3v) is 9.97. The van der Waals surface area contributed by atoms with Gasteiger partial charge in [0, 0.05) is 0 Å². The summed E-state index contributed by atoms with van der Waals surface area (Å²) >= 11 is -9.23. The van der Waals surface area contributed by atoms with Crippen LogP contribution in [0.15, 0.2) is 66.7 Å². The van der Waals surface area contributed by atoms with Crippen LogP contribution < -0.4 is 0 Å². The average molecular weight is 503 g/mol. The number of hydrogen-bond acceptors (Lipinski definition) is 2. The molecule has 0 spiro atoms. The number of allylic oxidation sites excluding steroid dienone is 1. The zero-order valence-electron chi connectivity index (χ0n) is 14.6. The summed E-state index contributed by atoms with van der Waals surface area (Å²) in [5.41, 5.74) is -0.715. The van der Waals surface area contributed by atoms with E-state index in [0.717, 1.165) is 24.3 Å². The van der Waals surface area contributed by atoms with Gasteiger partial charge in [-0.3, -0.25) is 0 Å². The molecule has 0 N–H and O–H groups in total. The zero-order chi connectivity index (χ0) is 22.8. The third kappa shape index (κ3) is 4.65. The molecule has 0 fully saturated rings. The first kappa shape index (κ1) is 23.8. The molecule has 162 valence electrons. The molecule has 0 saturated heterocycles. The molecule has 0 heterocycles. The number of carbonyl (C=O) groups excluding carboxylic acids is 1. The van der Waals surface area contributed by atoms with Crippen LogP contribution in [0.1, 0.15) is 15.9 Å². The van der Waals surface area contributed by atoms with Crippen LogP contribution in [-0.4, -0.2) is 34.4 Å². The van der Waals surface area contributed by atoms with Crippen LogP contribution in [0.2, 0.25) is 0 Å². The standard InChI is InChI=1S/C18H11F9GeO2/c19-16(20,21)28(17(22,23)24,18(25,26)27)30-15(13-9-5-2-6-10-13)11-14(29)12-7-3-1-4-8-12/h1-11H/b15-11+. The van der Waals surface area contributed by atoms with Gasteiger partial charge in [-0.25, -0.2) is 0 Å². The van der Waals surface area contributed by atoms with E-state index in [1.807, 2.05) is 0 Å². The van der Waals surface area contributed by atoms with Gasteiger partial charge in [-0.15, -0.1) is 0 Å². The second-order valence-electron chi connectivity index (χ2n) is 5.88. The molecule has 2 aromatic carbocycles. The Kier molecular flexibility index (Phi) is 6.64. The molecule has 0 aliphatic heterocycles. The molecule has 0 unspecified atom stereocenters. The monoisotopic (exact) mass is 504 g/mol. The van der Waals surface area contributed by atoms with Crippen molar-refractivity contribution in [3.05, 3.63) is 77.9 Å². The van der Waals surface area contributed by atoms with Crippen LogP contribution in [0.3, 0.4) is 0 Å². The predicted octanol–water partition coefficient (Wildman–Crippen LogP) is 6.18. The Balaban J connectivity index is 2.72. The van der Waals surface area contributed by atoms with E-state index in [-0.39, 0.29) is 11.6 Å². The van der Waals surface area contributed by atoms with Crippen LogP contribution in [0.4, 0.5) is 39.5 Å². The number of ketones is 1. The van der Waals surface area contributed by atoms with E-state index in [9.17, 15) is 44.3 Å². The minimum atomic E-state index is -9.23. The number of benzene rings is 2. The number of halogens is 9. The Morgan fingerprint density at radius 1 is 0.667 bits per heavy atom. The summed E-state index contributed by atoms with van der Waals surface area (Å²) in [4.78, 5) is 12.3. The van der Waals surface area contributed by atoms with Crippen LogP contribution in [0.5, 0.6) is 0 Å². The summed E-state index contributed by atoms with van der Waals surface area (Å²) in [5.74, 6) is -2.59. The zero-order valence-corrected chi connectivity index (χ0v) is 16.7. The quantitative estimate of drug-likeness (QED) is 0.160. The fraction of sp³-hybridized carbons (Fsp3) is 0.167. The van der Waals surface area contributed by atoms with Gasteiger partial charge in [-0.05, 0) is 0 Å². The van der Waals surface area contributed by atoms with Crippen molar-refractivity contribution < 1.29 is 48.1 Å². The summed E-state index contributed by atoms with van der Waals surface area (Å²) in [6.07, 6.45) is 0.202. The molecule has 0 atom stereocenters. The van der Waals surface area contributed by atoms with E-state index >= 15 is 0 Å². The topological polar surface area (TPSA) is 26.3 Å². The Labute approximate surface area is 166 Å². The molecule has 12 heteroatoms. The first-order valence-electron chi connectivity index (χ1n) is 7.96. The average Bonchev–Trinajstić information content (AvgIpc) is 2.63. The molecule has 0 bridgehead atoms. The van der Waals surface area contributed by atoms with Gasteiger partial charge in [0.25, 0.3) is 0 Å². The molecular weight excluding hydrogens is 492 g/mol. The number of alkyl halides is 9. The molecule has 0 saturated carbocycles. The van der Waals surface area contributed by atoms with Gasteiger partial charge in [0.1, 0.15) is 0 Å². The Hall–Kier alpha value is -2.44. The van der Waals surface area contributed by atoms with Crippen LogP contribution in [0.25, 0.3) is 5.76 Å². The molecule has 0 aromatic heterocycles. The molecule has 2 nitrogen and oxygen atoms in total. The van der Waals surface area contributed by atoms with Crippen molar-refractivity contribution in [2.24, 2.45) is 0 Å². The Morgan fingerprint density at radius 2 is 1.03 bits per heavy atom. The van der Waals surface area contributed by atoms with Gasteiger partial charge in [-0.2, -0.15) is 0 Å². The fourth-order valence-electron chi connectivity index (χ4n) is 2.40. The second-order valence-corrected chi connectivity index (χ2v) is 12.7. The van der Waals surface area contributed by atoms with Gasteiger partial charge in [0.2, 0.25) is 0 Å². The first-order valence-corrected chi connectivity index (χ1v) is 12.0. The van der Waals surface area contributed by atoms with E-state index in [0.29, 0.717) is 0 Å². The van der Waals surface area contributed by atoms with Crippen LogP contribution in [0, 0.1) is 0 Å². The predicted molar refractivity (Wildman–Crippen MR) is 90.2 cm³/mol. The van der Waals surface area contributed by atoms with Crippen molar-refractivity contribution in [2.75, 3.05) is 0 Å². The van der Waals surface area contributed by atoms with E-state index in [1.54, 1.807) is 0 Å². The molecule has 0 aliphatic rings. The summed E-state index contributed by atoms with van der Waals surface area (Å²) in [5, 5.41) is -20.2. The van der Waals surface area contributed by atoms with Crippen molar-refractivity contribution in [3.63, 3.8) is 0 Å². The molecule has 0 aliphatic carbocycles. The maximum absolute atomic E-state index is 13.3. The summed E-state index contributed by atoms with van der Waals surface area (Å²) in [6, 6.07) is 12.1. The molecular formula is C18H11F9GeO2. The Bertz CT molecular complexity index is 865. The summed E-state index contributed by atoms with van der Waals surface area (Å²) in [7, 11) is 0. The maximum atomic E-state index is 13.3. The minimum absolute atomic E-state index is 0.168. The summed E-state index contributed by atoms with van der Waals surface area (Å²) < 4.78 is 124. The van der Waals surface area contributed by atoms with Crippen molar-refractivity contribution in [3.8, 4) is 0 Å². The Morgan fingerprint density at radius 3 is 1.40 bits per heavy atom. The normalized spacial score (nSPS) is 13.8. The van der Waals surface area contributed by atoms with Crippen molar-refractivity contribution in [1.82, 2.24) is 0 Å². The van der Waals surface area contributed by atoms with Crippen LogP contribution >= 0.6 is 0 Å². The van der Waals surface area contributed by atoms with Gasteiger partial charge in [0.05, 0.1) is 0 Å². The van der Waals surface area contributed by atoms with Gasteiger partial charge >= 0.3 is 166 Å². The van der Waals surface area contributed by atoms with Crippen molar-refractivity contribution in [1.29, 1.82) is 0 Å². The third-order valence-electron chi connectivity index (χ3n) is 3.84. The SMILES string of the molecule is O=C(/C=C(/[O][Ge]([C](F)(F)F)([C](F)(F)F)[C](F)(F)F)c1ccccc1)c1ccccc1. The second kappa shape index (κ2) is 8.36. The number of carbonyl (C=O) groups is 1. The van der Waals surface area contributed by atoms with Gasteiger partial charge in [-0.1, -0.05) is 0 Å². The van der Waals surface area contributed by atoms with E-state index in [2.05, 4.69) is 3.76 Å². The first-order chi connectivity index (χ1) is 13.7.